The SMILES string of the molecule is O=C(NC1CCN(CC2CCCC2)CC1)c1ccc(-c2ccc3c(c2)OCCO3)s1. The van der Waals surface area contributed by atoms with Crippen molar-refractivity contribution in [3.63, 3.8) is 0 Å². The molecule has 2 fully saturated rings. The van der Waals surface area contributed by atoms with Gasteiger partial charge in [-0.15, -0.1) is 11.3 Å². The van der Waals surface area contributed by atoms with Crippen LogP contribution in [0.15, 0.2) is 30.3 Å². The molecule has 0 bridgehead atoms. The van der Waals surface area contributed by atoms with Gasteiger partial charge >= 0.3 is 0 Å². The van der Waals surface area contributed by atoms with E-state index < -0.39 is 0 Å². The van der Waals surface area contributed by atoms with Crippen LogP contribution < -0.4 is 14.8 Å². The fourth-order valence-corrected chi connectivity index (χ4v) is 5.79. The van der Waals surface area contributed by atoms with E-state index in [1.165, 1.54) is 43.6 Å². The Balaban J connectivity index is 1.15. The number of rotatable bonds is 5. The van der Waals surface area contributed by atoms with E-state index in [0.717, 1.165) is 58.7 Å². The Labute approximate surface area is 182 Å². The van der Waals surface area contributed by atoms with Gasteiger partial charge in [0, 0.05) is 30.6 Å². The second-order valence-corrected chi connectivity index (χ2v) is 9.80. The molecule has 1 saturated carbocycles. The molecule has 1 N–H and O–H groups in total. The van der Waals surface area contributed by atoms with Crippen LogP contribution in [0.1, 0.15) is 48.2 Å². The summed E-state index contributed by atoms with van der Waals surface area (Å²) in [4.78, 5) is 17.2. The monoisotopic (exact) mass is 426 g/mol. The standard InChI is InChI=1S/C24H30N2O3S/c27-24(25-19-9-11-26(12-10-19)16-17-3-1-2-4-17)23-8-7-22(30-23)18-5-6-20-21(15-18)29-14-13-28-20/h5-8,15,17,19H,1-4,9-14,16H2,(H,25,27). The molecular formula is C24H30N2O3S. The second-order valence-electron chi connectivity index (χ2n) is 8.72. The highest BCUT2D eigenvalue weighted by molar-refractivity contribution is 7.17. The van der Waals surface area contributed by atoms with Crippen LogP contribution in [0.3, 0.4) is 0 Å². The predicted molar refractivity (Wildman–Crippen MR) is 120 cm³/mol. The van der Waals surface area contributed by atoms with Crippen LogP contribution in [0.4, 0.5) is 0 Å². The molecule has 1 aromatic heterocycles. The van der Waals surface area contributed by atoms with Crippen molar-refractivity contribution in [3.8, 4) is 21.9 Å². The quantitative estimate of drug-likeness (QED) is 0.761. The number of ether oxygens (including phenoxy) is 2. The number of hydrogen-bond donors (Lipinski definition) is 1. The number of fused-ring (bicyclic) bond motifs is 1. The summed E-state index contributed by atoms with van der Waals surface area (Å²) in [5.41, 5.74) is 1.06. The molecule has 1 aliphatic carbocycles. The topological polar surface area (TPSA) is 50.8 Å². The summed E-state index contributed by atoms with van der Waals surface area (Å²) in [6.45, 7) is 4.64. The van der Waals surface area contributed by atoms with Crippen LogP contribution in [0.5, 0.6) is 11.5 Å². The lowest BCUT2D eigenvalue weighted by Gasteiger charge is -2.33. The van der Waals surface area contributed by atoms with E-state index in [1.807, 2.05) is 30.3 Å². The van der Waals surface area contributed by atoms with E-state index in [2.05, 4.69) is 10.2 Å². The predicted octanol–water partition coefficient (Wildman–Crippen LogP) is 4.57. The van der Waals surface area contributed by atoms with Crippen LogP contribution in [-0.2, 0) is 0 Å². The zero-order valence-electron chi connectivity index (χ0n) is 17.4. The molecule has 5 rings (SSSR count). The molecule has 1 aromatic carbocycles. The number of carbonyl (C=O) groups excluding carboxylic acids is 1. The molecule has 2 aliphatic heterocycles. The minimum absolute atomic E-state index is 0.0537. The van der Waals surface area contributed by atoms with Crippen LogP contribution in [0, 0.1) is 5.92 Å². The first kappa shape index (κ1) is 19.9. The third-order valence-corrected chi connectivity index (χ3v) is 7.70. The van der Waals surface area contributed by atoms with Gasteiger partial charge in [-0.1, -0.05) is 12.8 Å². The van der Waals surface area contributed by atoms with Crippen LogP contribution in [0.2, 0.25) is 0 Å². The van der Waals surface area contributed by atoms with E-state index in [1.54, 1.807) is 0 Å². The van der Waals surface area contributed by atoms with Gasteiger partial charge in [0.1, 0.15) is 13.2 Å². The maximum atomic E-state index is 12.8. The summed E-state index contributed by atoms with van der Waals surface area (Å²) in [7, 11) is 0. The zero-order valence-corrected chi connectivity index (χ0v) is 18.2. The summed E-state index contributed by atoms with van der Waals surface area (Å²) >= 11 is 1.54. The first-order valence-electron chi connectivity index (χ1n) is 11.3. The molecule has 0 spiro atoms. The Hall–Kier alpha value is -2.05. The lowest BCUT2D eigenvalue weighted by molar-refractivity contribution is 0.0910. The maximum absolute atomic E-state index is 12.8. The summed E-state index contributed by atoms with van der Waals surface area (Å²) in [5, 5.41) is 3.26. The second kappa shape index (κ2) is 8.98. The number of amides is 1. The Morgan fingerprint density at radius 1 is 1.00 bits per heavy atom. The minimum Gasteiger partial charge on any atom is -0.486 e. The summed E-state index contributed by atoms with van der Waals surface area (Å²) in [6.07, 6.45) is 7.73. The molecule has 1 amide bonds. The highest BCUT2D eigenvalue weighted by Crippen LogP contribution is 2.37. The molecule has 6 heteroatoms. The van der Waals surface area contributed by atoms with E-state index in [9.17, 15) is 4.79 Å². The first-order chi connectivity index (χ1) is 14.7. The van der Waals surface area contributed by atoms with Crippen molar-refractivity contribution in [1.82, 2.24) is 10.2 Å². The average Bonchev–Trinajstić information content (AvgIpc) is 3.47. The Kier molecular flexibility index (Phi) is 5.95. The highest BCUT2D eigenvalue weighted by atomic mass is 32.1. The Morgan fingerprint density at radius 3 is 2.57 bits per heavy atom. The van der Waals surface area contributed by atoms with Crippen molar-refractivity contribution >= 4 is 17.2 Å². The number of nitrogens with one attached hydrogen (secondary N) is 1. The molecule has 3 heterocycles. The van der Waals surface area contributed by atoms with Crippen molar-refractivity contribution in [2.75, 3.05) is 32.8 Å². The molecule has 0 unspecified atom stereocenters. The Bertz CT molecular complexity index is 882. The third-order valence-electron chi connectivity index (χ3n) is 6.57. The number of carbonyl (C=O) groups is 1. The third kappa shape index (κ3) is 4.49. The average molecular weight is 427 g/mol. The molecule has 0 radical (unpaired) electrons. The van der Waals surface area contributed by atoms with Gasteiger partial charge in [-0.3, -0.25) is 4.79 Å². The number of benzene rings is 1. The fraction of sp³-hybridized carbons (Fsp3) is 0.542. The molecule has 160 valence electrons. The lowest BCUT2D eigenvalue weighted by atomic mass is 10.0. The van der Waals surface area contributed by atoms with Crippen LogP contribution in [-0.4, -0.2) is 49.7 Å². The fourth-order valence-electron chi connectivity index (χ4n) is 4.89. The molecular weight excluding hydrogens is 396 g/mol. The van der Waals surface area contributed by atoms with Crippen molar-refractivity contribution in [2.24, 2.45) is 5.92 Å². The molecule has 2 aromatic rings. The molecule has 3 aliphatic rings. The van der Waals surface area contributed by atoms with Crippen LogP contribution in [0.25, 0.3) is 10.4 Å². The van der Waals surface area contributed by atoms with Gasteiger partial charge in [0.05, 0.1) is 4.88 Å². The van der Waals surface area contributed by atoms with Gasteiger partial charge in [-0.2, -0.15) is 0 Å². The zero-order chi connectivity index (χ0) is 20.3. The van der Waals surface area contributed by atoms with E-state index >= 15 is 0 Å². The summed E-state index contributed by atoms with van der Waals surface area (Å²) in [5.74, 6) is 2.53. The number of likely N-dealkylation sites (tertiary alicyclic amines) is 1. The molecule has 1 saturated heterocycles. The van der Waals surface area contributed by atoms with Gasteiger partial charge in [0.15, 0.2) is 11.5 Å². The number of hydrogen-bond acceptors (Lipinski definition) is 5. The largest absolute Gasteiger partial charge is 0.486 e. The molecule has 5 nitrogen and oxygen atoms in total. The van der Waals surface area contributed by atoms with Crippen LogP contribution >= 0.6 is 11.3 Å². The van der Waals surface area contributed by atoms with Crippen molar-refractivity contribution in [3.05, 3.63) is 35.2 Å². The normalized spacial score (nSPS) is 20.4. The van der Waals surface area contributed by atoms with E-state index in [0.29, 0.717) is 13.2 Å². The minimum atomic E-state index is 0.0537. The lowest BCUT2D eigenvalue weighted by Crippen LogP contribution is -2.45. The molecule has 0 atom stereocenters. The summed E-state index contributed by atoms with van der Waals surface area (Å²) < 4.78 is 11.3. The van der Waals surface area contributed by atoms with Gasteiger partial charge in [-0.25, -0.2) is 0 Å². The number of thiophene rings is 1. The van der Waals surface area contributed by atoms with Gasteiger partial charge < -0.3 is 19.7 Å². The maximum Gasteiger partial charge on any atom is 0.261 e. The molecule has 30 heavy (non-hydrogen) atoms. The van der Waals surface area contributed by atoms with Gasteiger partial charge in [0.2, 0.25) is 0 Å². The van der Waals surface area contributed by atoms with Crippen molar-refractivity contribution in [1.29, 1.82) is 0 Å². The number of piperidine rings is 1. The van der Waals surface area contributed by atoms with E-state index in [-0.39, 0.29) is 11.9 Å². The van der Waals surface area contributed by atoms with Crippen molar-refractivity contribution < 1.29 is 14.3 Å². The summed E-state index contributed by atoms with van der Waals surface area (Å²) in [6, 6.07) is 10.2. The highest BCUT2D eigenvalue weighted by Gasteiger charge is 2.25. The van der Waals surface area contributed by atoms with Gasteiger partial charge in [0.25, 0.3) is 5.91 Å². The van der Waals surface area contributed by atoms with E-state index in [4.69, 9.17) is 9.47 Å². The number of nitrogens with zero attached hydrogens (tertiary/aromatic N) is 1. The van der Waals surface area contributed by atoms with Gasteiger partial charge in [-0.05, 0) is 67.5 Å². The first-order valence-corrected chi connectivity index (χ1v) is 12.1. The van der Waals surface area contributed by atoms with Crippen molar-refractivity contribution in [2.45, 2.75) is 44.6 Å². The Morgan fingerprint density at radius 2 is 1.77 bits per heavy atom. The smallest absolute Gasteiger partial charge is 0.261 e.